The fourth-order valence-electron chi connectivity index (χ4n) is 9.00. The third-order valence-electron chi connectivity index (χ3n) is 13.8. The van der Waals surface area contributed by atoms with E-state index in [1.165, 1.54) is 141 Å². The molecule has 440 valence electrons. The molecular weight excluding hydrogens is 949 g/mol. The van der Waals surface area contributed by atoms with E-state index in [-0.39, 0.29) is 37.5 Å². The van der Waals surface area contributed by atoms with Gasteiger partial charge in [0.1, 0.15) is 13.2 Å². The van der Waals surface area contributed by atoms with Crippen LogP contribution in [0, 0.1) is 0 Å². The van der Waals surface area contributed by atoms with Crippen molar-refractivity contribution in [1.29, 1.82) is 0 Å². The summed E-state index contributed by atoms with van der Waals surface area (Å²) in [5.74, 6) is -0.983. The molecule has 0 aromatic carbocycles. The van der Waals surface area contributed by atoms with Crippen molar-refractivity contribution in [1.82, 2.24) is 0 Å². The summed E-state index contributed by atoms with van der Waals surface area (Å²) in [5.41, 5.74) is 0. The highest BCUT2D eigenvalue weighted by molar-refractivity contribution is 5.71. The lowest BCUT2D eigenvalue weighted by molar-refractivity contribution is -0.167. The summed E-state index contributed by atoms with van der Waals surface area (Å²) in [7, 11) is 0. The largest absolute Gasteiger partial charge is 0.462 e. The van der Waals surface area contributed by atoms with Crippen molar-refractivity contribution in [3.63, 3.8) is 0 Å². The molecular formula is C71H120O6. The molecule has 0 spiro atoms. The molecule has 0 fully saturated rings. The Hall–Kier alpha value is -3.93. The van der Waals surface area contributed by atoms with E-state index in [4.69, 9.17) is 14.2 Å². The zero-order valence-electron chi connectivity index (χ0n) is 50.4. The van der Waals surface area contributed by atoms with Crippen LogP contribution in [0.3, 0.4) is 0 Å². The van der Waals surface area contributed by atoms with Crippen LogP contribution in [0.4, 0.5) is 0 Å². The number of esters is 3. The van der Waals surface area contributed by atoms with Crippen molar-refractivity contribution in [2.45, 2.75) is 309 Å². The highest BCUT2D eigenvalue weighted by Crippen LogP contribution is 2.17. The van der Waals surface area contributed by atoms with Gasteiger partial charge in [-0.05, 0) is 96.3 Å². The van der Waals surface area contributed by atoms with Gasteiger partial charge in [-0.1, -0.05) is 297 Å². The number of carbonyl (C=O) groups is 3. The Morgan fingerprint density at radius 1 is 0.273 bits per heavy atom. The standard InChI is InChI=1S/C71H120O6/c1-4-7-10-13-16-19-22-25-28-31-32-33-34-35-36-37-38-41-43-46-49-52-55-58-61-64-70(73)76-67-68(77-71(74)65-62-59-56-53-50-47-44-40-30-27-24-21-18-15-12-9-6-3)66-75-69(72)63-60-57-54-51-48-45-42-39-29-26-23-20-17-14-11-8-5-2/h8-9,11-12,17-18,20-21,26-27,29-30,42,44-45,47,53,56,68H,4-7,10,13-16,19,22-25,28,31-41,43,46,48-52,54-55,57-67H2,1-3H3/b11-8-,12-9-,20-17-,21-18-,29-26-,30-27-,45-42-,47-44-,56-53-. The van der Waals surface area contributed by atoms with E-state index in [2.05, 4.69) is 130 Å². The number of unbranched alkanes of at least 4 members (excludes halogenated alkanes) is 29. The lowest BCUT2D eigenvalue weighted by atomic mass is 10.0. The summed E-state index contributed by atoms with van der Waals surface area (Å²) < 4.78 is 16.9. The highest BCUT2D eigenvalue weighted by atomic mass is 16.6. The number of rotatable bonds is 58. The fraction of sp³-hybridized carbons (Fsp3) is 0.704. The van der Waals surface area contributed by atoms with Crippen molar-refractivity contribution in [2.75, 3.05) is 13.2 Å². The highest BCUT2D eigenvalue weighted by Gasteiger charge is 2.19. The zero-order chi connectivity index (χ0) is 55.7. The smallest absolute Gasteiger partial charge is 0.306 e. The van der Waals surface area contributed by atoms with E-state index < -0.39 is 6.10 Å². The molecule has 6 heteroatoms. The molecule has 0 aromatic heterocycles. The first-order chi connectivity index (χ1) is 38.0. The molecule has 0 aliphatic rings. The van der Waals surface area contributed by atoms with Crippen LogP contribution in [0.2, 0.25) is 0 Å². The van der Waals surface area contributed by atoms with Gasteiger partial charge < -0.3 is 14.2 Å². The van der Waals surface area contributed by atoms with Crippen LogP contribution in [0.1, 0.15) is 303 Å². The van der Waals surface area contributed by atoms with Crippen LogP contribution >= 0.6 is 0 Å². The molecule has 0 rings (SSSR count). The summed E-state index contributed by atoms with van der Waals surface area (Å²) in [4.78, 5) is 38.3. The van der Waals surface area contributed by atoms with Gasteiger partial charge >= 0.3 is 17.9 Å². The Labute approximate surface area is 476 Å². The lowest BCUT2D eigenvalue weighted by Gasteiger charge is -2.18. The minimum Gasteiger partial charge on any atom is -0.462 e. The van der Waals surface area contributed by atoms with E-state index in [0.29, 0.717) is 19.3 Å². The quantitative estimate of drug-likeness (QED) is 0.0261. The topological polar surface area (TPSA) is 78.9 Å². The molecule has 0 aliphatic heterocycles. The average molecular weight is 1070 g/mol. The number of hydrogen-bond acceptors (Lipinski definition) is 6. The van der Waals surface area contributed by atoms with Crippen LogP contribution in [0.25, 0.3) is 0 Å². The molecule has 0 bridgehead atoms. The molecule has 0 radical (unpaired) electrons. The Morgan fingerprint density at radius 3 is 0.831 bits per heavy atom. The SMILES string of the molecule is CC/C=C\C/C=C\C/C=C\C/C=C\C/C=C\CCCC(=O)OC(COC(=O)CCCCCC/C=C\C/C=C\C/C=C\C/C=C\CC)COC(=O)CCCCCCCCCCCCCCCCCCCCCCCCCCC. The molecule has 0 heterocycles. The fourth-order valence-corrected chi connectivity index (χ4v) is 9.00. The maximum Gasteiger partial charge on any atom is 0.306 e. The summed E-state index contributed by atoms with van der Waals surface area (Å²) in [6.07, 6.45) is 88.3. The third kappa shape index (κ3) is 62.8. The number of carbonyl (C=O) groups excluding carboxylic acids is 3. The zero-order valence-corrected chi connectivity index (χ0v) is 50.4. The van der Waals surface area contributed by atoms with Crippen LogP contribution in [0.15, 0.2) is 109 Å². The molecule has 0 amide bonds. The predicted octanol–water partition coefficient (Wildman–Crippen LogP) is 22.2. The summed E-state index contributed by atoms with van der Waals surface area (Å²) in [6.45, 7) is 6.37. The van der Waals surface area contributed by atoms with E-state index in [0.717, 1.165) is 116 Å². The first-order valence-corrected chi connectivity index (χ1v) is 32.4. The van der Waals surface area contributed by atoms with E-state index in [1.54, 1.807) is 0 Å². The maximum absolute atomic E-state index is 12.9. The molecule has 77 heavy (non-hydrogen) atoms. The minimum absolute atomic E-state index is 0.108. The van der Waals surface area contributed by atoms with Gasteiger partial charge in [-0.2, -0.15) is 0 Å². The van der Waals surface area contributed by atoms with E-state index in [9.17, 15) is 14.4 Å². The first-order valence-electron chi connectivity index (χ1n) is 32.4. The summed E-state index contributed by atoms with van der Waals surface area (Å²) in [5, 5.41) is 0. The molecule has 0 saturated heterocycles. The minimum atomic E-state index is -0.820. The Balaban J connectivity index is 4.40. The van der Waals surface area contributed by atoms with Crippen molar-refractivity contribution in [3.8, 4) is 0 Å². The number of hydrogen-bond donors (Lipinski definition) is 0. The number of ether oxygens (including phenoxy) is 3. The van der Waals surface area contributed by atoms with Crippen LogP contribution in [-0.4, -0.2) is 37.2 Å². The van der Waals surface area contributed by atoms with Gasteiger partial charge in [-0.3, -0.25) is 14.4 Å². The van der Waals surface area contributed by atoms with E-state index in [1.807, 2.05) is 0 Å². The molecule has 1 atom stereocenters. The first kappa shape index (κ1) is 73.1. The summed E-state index contributed by atoms with van der Waals surface area (Å²) >= 11 is 0. The second kappa shape index (κ2) is 64.6. The molecule has 0 N–H and O–H groups in total. The average Bonchev–Trinajstić information content (AvgIpc) is 3.43. The lowest BCUT2D eigenvalue weighted by Crippen LogP contribution is -2.30. The molecule has 1 unspecified atom stereocenters. The van der Waals surface area contributed by atoms with Crippen LogP contribution in [-0.2, 0) is 28.6 Å². The summed E-state index contributed by atoms with van der Waals surface area (Å²) in [6, 6.07) is 0. The van der Waals surface area contributed by atoms with Crippen molar-refractivity contribution < 1.29 is 28.6 Å². The molecule has 0 aromatic rings. The predicted molar refractivity (Wildman–Crippen MR) is 334 cm³/mol. The Kier molecular flexibility index (Phi) is 61.3. The maximum atomic E-state index is 12.9. The Bertz CT molecular complexity index is 1560. The van der Waals surface area contributed by atoms with E-state index >= 15 is 0 Å². The van der Waals surface area contributed by atoms with Gasteiger partial charge in [0.15, 0.2) is 6.10 Å². The van der Waals surface area contributed by atoms with Crippen LogP contribution in [0.5, 0.6) is 0 Å². The van der Waals surface area contributed by atoms with Gasteiger partial charge in [0.2, 0.25) is 0 Å². The normalized spacial score (nSPS) is 12.8. The van der Waals surface area contributed by atoms with Gasteiger partial charge in [-0.15, -0.1) is 0 Å². The molecule has 0 saturated carbocycles. The second-order valence-electron chi connectivity index (χ2n) is 21.3. The van der Waals surface area contributed by atoms with Gasteiger partial charge in [0.05, 0.1) is 0 Å². The third-order valence-corrected chi connectivity index (χ3v) is 13.8. The monoisotopic (exact) mass is 1070 g/mol. The second-order valence-corrected chi connectivity index (χ2v) is 21.3. The van der Waals surface area contributed by atoms with Crippen molar-refractivity contribution >= 4 is 17.9 Å². The van der Waals surface area contributed by atoms with Crippen molar-refractivity contribution in [3.05, 3.63) is 109 Å². The van der Waals surface area contributed by atoms with Crippen molar-refractivity contribution in [2.24, 2.45) is 0 Å². The molecule has 0 aliphatic carbocycles. The van der Waals surface area contributed by atoms with Gasteiger partial charge in [0, 0.05) is 19.3 Å². The van der Waals surface area contributed by atoms with Crippen LogP contribution < -0.4 is 0 Å². The van der Waals surface area contributed by atoms with Gasteiger partial charge in [-0.25, -0.2) is 0 Å². The Morgan fingerprint density at radius 2 is 0.519 bits per heavy atom. The molecule has 6 nitrogen and oxygen atoms in total. The number of allylic oxidation sites excluding steroid dienone is 18. The van der Waals surface area contributed by atoms with Gasteiger partial charge in [0.25, 0.3) is 0 Å².